The van der Waals surface area contributed by atoms with Gasteiger partial charge in [-0.2, -0.15) is 0 Å². The molecule has 0 aromatic heterocycles. The van der Waals surface area contributed by atoms with E-state index in [1.165, 1.54) is 14.5 Å². The van der Waals surface area contributed by atoms with E-state index < -0.39 is 0 Å². The Morgan fingerprint density at radius 3 is 2.40 bits per heavy atom. The zero-order chi connectivity index (χ0) is 14.2. The second-order valence-corrected chi connectivity index (χ2v) is 6.58. The molecule has 2 aromatic rings. The predicted octanol–water partition coefficient (Wildman–Crippen LogP) is 3.64. The van der Waals surface area contributed by atoms with Gasteiger partial charge in [-0.25, -0.2) is 0 Å². The molecule has 0 aliphatic rings. The Morgan fingerprint density at radius 1 is 1.10 bits per heavy atom. The first kappa shape index (κ1) is 14.6. The van der Waals surface area contributed by atoms with Crippen molar-refractivity contribution in [3.63, 3.8) is 0 Å². The molecule has 0 unspecified atom stereocenters. The van der Waals surface area contributed by atoms with Crippen LogP contribution in [0.4, 0.5) is 0 Å². The van der Waals surface area contributed by atoms with Crippen LogP contribution >= 0.6 is 0 Å². The third-order valence-corrected chi connectivity index (χ3v) is 5.19. The van der Waals surface area contributed by atoms with Crippen molar-refractivity contribution in [1.29, 1.82) is 0 Å². The first-order valence-corrected chi connectivity index (χ1v) is 8.23. The molecule has 2 rings (SSSR count). The minimum atomic E-state index is 0.304. The Balaban J connectivity index is 2.24. The molecule has 0 atom stereocenters. The summed E-state index contributed by atoms with van der Waals surface area (Å²) in [5.41, 5.74) is 1.26. The Bertz CT molecular complexity index is 570. The number of allylic oxidation sites excluding steroid dienone is 2. The molecule has 20 heavy (non-hydrogen) atoms. The summed E-state index contributed by atoms with van der Waals surface area (Å²) in [5.74, 6) is 0.893. The van der Waals surface area contributed by atoms with Gasteiger partial charge in [0, 0.05) is 0 Å². The fourth-order valence-electron chi connectivity index (χ4n) is 1.78. The molecule has 0 amide bonds. The van der Waals surface area contributed by atoms with Gasteiger partial charge in [0.25, 0.3) is 0 Å². The van der Waals surface area contributed by atoms with Crippen molar-refractivity contribution in [3.8, 4) is 5.75 Å². The van der Waals surface area contributed by atoms with E-state index in [2.05, 4.69) is 55.1 Å². The van der Waals surface area contributed by atoms with Crippen LogP contribution in [-0.2, 0) is 0 Å². The number of ether oxygens (including phenoxy) is 1. The van der Waals surface area contributed by atoms with Crippen LogP contribution < -0.4 is 9.20 Å². The summed E-state index contributed by atoms with van der Waals surface area (Å²) >= 11 is 0.304. The molecule has 0 saturated heterocycles. The van der Waals surface area contributed by atoms with E-state index >= 15 is 0 Å². The van der Waals surface area contributed by atoms with Crippen LogP contribution in [0.25, 0.3) is 4.47 Å². The molecule has 0 bridgehead atoms. The molecular weight excluding hydrogens is 311 g/mol. The van der Waals surface area contributed by atoms with Gasteiger partial charge in [0.05, 0.1) is 0 Å². The molecule has 0 radical (unpaired) electrons. The van der Waals surface area contributed by atoms with Gasteiger partial charge >= 0.3 is 127 Å². The van der Waals surface area contributed by atoms with Gasteiger partial charge in [-0.15, -0.1) is 0 Å². The molecule has 0 spiro atoms. The maximum absolute atomic E-state index is 5.22. The van der Waals surface area contributed by atoms with Crippen LogP contribution in [0, 0.1) is 0 Å². The minimum absolute atomic E-state index is 0.304. The van der Waals surface area contributed by atoms with Crippen LogP contribution in [0.1, 0.15) is 12.0 Å². The number of benzene rings is 2. The Kier molecular flexibility index (Phi) is 5.67. The summed E-state index contributed by atoms with van der Waals surface area (Å²) in [6, 6.07) is 18.9. The van der Waals surface area contributed by atoms with Gasteiger partial charge in [0.15, 0.2) is 0 Å². The number of methoxy groups -OCH3 is 1. The molecule has 1 nitrogen and oxygen atoms in total. The molecular formula is C18H18OSe. The molecule has 102 valence electrons. The molecule has 0 fully saturated rings. The van der Waals surface area contributed by atoms with Crippen LogP contribution in [-0.4, -0.2) is 22.1 Å². The summed E-state index contributed by atoms with van der Waals surface area (Å²) in [7, 11) is 1.69. The molecule has 2 heteroatoms. The van der Waals surface area contributed by atoms with Crippen molar-refractivity contribution in [2.75, 3.05) is 7.11 Å². The predicted molar refractivity (Wildman–Crippen MR) is 87.6 cm³/mol. The quantitative estimate of drug-likeness (QED) is 0.581. The van der Waals surface area contributed by atoms with Gasteiger partial charge < -0.3 is 0 Å². The van der Waals surface area contributed by atoms with E-state index in [9.17, 15) is 0 Å². The van der Waals surface area contributed by atoms with Crippen molar-refractivity contribution in [3.05, 3.63) is 78.9 Å². The van der Waals surface area contributed by atoms with Crippen LogP contribution in [0.15, 0.2) is 73.3 Å². The molecule has 0 heterocycles. The first-order chi connectivity index (χ1) is 9.83. The number of hydrogen-bond acceptors (Lipinski definition) is 1. The second kappa shape index (κ2) is 7.74. The van der Waals surface area contributed by atoms with E-state index in [1.54, 1.807) is 7.11 Å². The zero-order valence-electron chi connectivity index (χ0n) is 11.6. The molecule has 0 aliphatic carbocycles. The standard InChI is InChI=1S/C18H18OSe/c1-3-4-10-18(20-17-8-6-5-7-9-17)15-11-13-16(19-2)14-12-15/h3,5-14H,1,4H2,2H3/b18-10-. The third-order valence-electron chi connectivity index (χ3n) is 2.82. The third kappa shape index (κ3) is 4.12. The molecule has 2 aromatic carbocycles. The fraction of sp³-hybridized carbons (Fsp3) is 0.111. The van der Waals surface area contributed by atoms with Crippen molar-refractivity contribution < 1.29 is 4.74 Å². The van der Waals surface area contributed by atoms with Crippen LogP contribution in [0.5, 0.6) is 5.75 Å². The van der Waals surface area contributed by atoms with Gasteiger partial charge in [-0.05, 0) is 0 Å². The van der Waals surface area contributed by atoms with Crippen molar-refractivity contribution in [2.24, 2.45) is 0 Å². The Hall–Kier alpha value is -1.76. The second-order valence-electron chi connectivity index (χ2n) is 4.24. The average molecular weight is 329 g/mol. The first-order valence-electron chi connectivity index (χ1n) is 6.52. The molecule has 0 saturated carbocycles. The molecule has 0 N–H and O–H groups in total. The van der Waals surface area contributed by atoms with Gasteiger partial charge in [0.1, 0.15) is 0 Å². The monoisotopic (exact) mass is 330 g/mol. The Labute approximate surface area is 127 Å². The van der Waals surface area contributed by atoms with Gasteiger partial charge in [0.2, 0.25) is 0 Å². The van der Waals surface area contributed by atoms with E-state index in [0.29, 0.717) is 15.0 Å². The number of rotatable bonds is 6. The van der Waals surface area contributed by atoms with Crippen LogP contribution in [0.2, 0.25) is 0 Å². The Morgan fingerprint density at radius 2 is 1.80 bits per heavy atom. The van der Waals surface area contributed by atoms with Crippen LogP contribution in [0.3, 0.4) is 0 Å². The molecule has 0 aliphatic heterocycles. The normalized spacial score (nSPS) is 11.2. The van der Waals surface area contributed by atoms with E-state index in [1.807, 2.05) is 18.2 Å². The van der Waals surface area contributed by atoms with Gasteiger partial charge in [-0.1, -0.05) is 0 Å². The average Bonchev–Trinajstić information content (AvgIpc) is 2.52. The summed E-state index contributed by atoms with van der Waals surface area (Å²) in [4.78, 5) is 0. The fourth-order valence-corrected chi connectivity index (χ4v) is 3.84. The summed E-state index contributed by atoms with van der Waals surface area (Å²) in [6.45, 7) is 3.80. The summed E-state index contributed by atoms with van der Waals surface area (Å²) in [5, 5.41) is 0. The number of hydrogen-bond donors (Lipinski definition) is 0. The van der Waals surface area contributed by atoms with E-state index in [0.717, 1.165) is 12.2 Å². The SMILES string of the molecule is C=CC/C=C(\[Se]c1ccccc1)c1ccc(OC)cc1. The van der Waals surface area contributed by atoms with Crippen molar-refractivity contribution >= 4 is 23.9 Å². The summed E-state index contributed by atoms with van der Waals surface area (Å²) in [6.07, 6.45) is 5.10. The maximum atomic E-state index is 5.22. The van der Waals surface area contributed by atoms with Crippen molar-refractivity contribution in [1.82, 2.24) is 0 Å². The summed E-state index contributed by atoms with van der Waals surface area (Å²) < 4.78 is 7.98. The van der Waals surface area contributed by atoms with Gasteiger partial charge in [-0.3, -0.25) is 0 Å². The zero-order valence-corrected chi connectivity index (χ0v) is 13.3. The topological polar surface area (TPSA) is 9.23 Å². The van der Waals surface area contributed by atoms with E-state index in [-0.39, 0.29) is 0 Å². The van der Waals surface area contributed by atoms with Crippen molar-refractivity contribution in [2.45, 2.75) is 6.42 Å². The van der Waals surface area contributed by atoms with E-state index in [4.69, 9.17) is 4.74 Å².